The van der Waals surface area contributed by atoms with Gasteiger partial charge in [0.2, 0.25) is 11.5 Å². The predicted octanol–water partition coefficient (Wildman–Crippen LogP) is 6.61. The van der Waals surface area contributed by atoms with Crippen molar-refractivity contribution in [3.05, 3.63) is 88.5 Å². The molecule has 274 valence electrons. The second kappa shape index (κ2) is 15.9. The van der Waals surface area contributed by atoms with Crippen LogP contribution in [0.1, 0.15) is 57.7 Å². The van der Waals surface area contributed by atoms with Gasteiger partial charge >= 0.3 is 0 Å². The summed E-state index contributed by atoms with van der Waals surface area (Å²) in [5.41, 5.74) is 5.59. The summed E-state index contributed by atoms with van der Waals surface area (Å²) < 4.78 is 45.7. The van der Waals surface area contributed by atoms with Crippen LogP contribution in [0.5, 0.6) is 46.0 Å². The highest BCUT2D eigenvalue weighted by molar-refractivity contribution is 6.03. The fourth-order valence-corrected chi connectivity index (χ4v) is 6.14. The van der Waals surface area contributed by atoms with Gasteiger partial charge in [-0.15, -0.1) is 0 Å². The van der Waals surface area contributed by atoms with Crippen LogP contribution < -0.4 is 48.5 Å². The largest absolute Gasteiger partial charge is 0.493 e. The molecule has 0 radical (unpaired) electrons. The van der Waals surface area contributed by atoms with Crippen molar-refractivity contribution in [3.63, 3.8) is 0 Å². The zero-order valence-corrected chi connectivity index (χ0v) is 30.3. The summed E-state index contributed by atoms with van der Waals surface area (Å²) in [6, 6.07) is 18.8. The molecule has 0 fully saturated rings. The Labute approximate surface area is 302 Å². The molecule has 0 aromatic heterocycles. The Hall–Kier alpha value is -5.98. The first kappa shape index (κ1) is 35.8. The lowest BCUT2D eigenvalue weighted by Gasteiger charge is -2.28. The molecule has 2 aliphatic rings. The molecular weight excluding hydrogens is 670 g/mol. The highest BCUT2D eigenvalue weighted by atomic mass is 16.6. The van der Waals surface area contributed by atoms with Crippen LogP contribution in [-0.2, 0) is 4.84 Å². The maximum Gasteiger partial charge on any atom is 0.255 e. The van der Waals surface area contributed by atoms with Gasteiger partial charge in [-0.2, -0.15) is 0 Å². The highest BCUT2D eigenvalue weighted by Gasteiger charge is 2.29. The van der Waals surface area contributed by atoms with Gasteiger partial charge in [-0.3, -0.25) is 4.79 Å². The number of anilines is 1. The number of amides is 1. The predicted molar refractivity (Wildman–Crippen MR) is 194 cm³/mol. The number of nitrogens with zero attached hydrogens (tertiary/aromatic N) is 1. The zero-order chi connectivity index (χ0) is 36.8. The summed E-state index contributed by atoms with van der Waals surface area (Å²) in [6.45, 7) is 2.65. The Morgan fingerprint density at radius 2 is 1.31 bits per heavy atom. The number of carbonyl (C=O) groups is 1. The molecule has 13 heteroatoms. The summed E-state index contributed by atoms with van der Waals surface area (Å²) in [6.07, 6.45) is 0.281. The number of fused-ring (bicyclic) bond motifs is 1. The average molecular weight is 714 g/mol. The van der Waals surface area contributed by atoms with Gasteiger partial charge in [-0.1, -0.05) is 22.9 Å². The summed E-state index contributed by atoms with van der Waals surface area (Å²) >= 11 is 0. The van der Waals surface area contributed by atoms with Crippen LogP contribution in [0.2, 0.25) is 0 Å². The van der Waals surface area contributed by atoms with Crippen molar-refractivity contribution < 1.29 is 47.5 Å². The summed E-state index contributed by atoms with van der Waals surface area (Å²) in [5, 5.41) is 10.8. The van der Waals surface area contributed by atoms with Crippen molar-refractivity contribution >= 4 is 17.3 Å². The number of nitrogens with one attached hydrogen (secondary N) is 2. The van der Waals surface area contributed by atoms with Crippen molar-refractivity contribution in [2.45, 2.75) is 32.0 Å². The number of rotatable bonds is 15. The van der Waals surface area contributed by atoms with E-state index >= 15 is 0 Å². The molecule has 4 aromatic carbocycles. The number of oxime groups is 1. The Bertz CT molecular complexity index is 1910. The Balaban J connectivity index is 1.06. The lowest BCUT2D eigenvalue weighted by molar-refractivity contribution is 0.0853. The monoisotopic (exact) mass is 713 g/mol. The first-order valence-electron chi connectivity index (χ1n) is 16.7. The molecule has 2 atom stereocenters. The molecule has 13 nitrogen and oxygen atoms in total. The van der Waals surface area contributed by atoms with Crippen LogP contribution in [0.4, 0.5) is 5.69 Å². The van der Waals surface area contributed by atoms with E-state index in [1.54, 1.807) is 42.7 Å². The number of aryl methyl sites for hydroxylation is 1. The van der Waals surface area contributed by atoms with Crippen LogP contribution in [0.3, 0.4) is 0 Å². The lowest BCUT2D eigenvalue weighted by Crippen LogP contribution is -2.38. The van der Waals surface area contributed by atoms with Gasteiger partial charge in [0.1, 0.15) is 6.17 Å². The van der Waals surface area contributed by atoms with Crippen LogP contribution in [-0.4, -0.2) is 67.5 Å². The van der Waals surface area contributed by atoms with Crippen LogP contribution in [0.25, 0.3) is 0 Å². The van der Waals surface area contributed by atoms with Gasteiger partial charge in [0.25, 0.3) is 5.91 Å². The fraction of sp³-hybridized carbons (Fsp3) is 0.333. The molecule has 0 aliphatic carbocycles. The molecule has 2 heterocycles. The molecule has 0 bridgehead atoms. The first-order chi connectivity index (χ1) is 25.3. The summed E-state index contributed by atoms with van der Waals surface area (Å²) in [5.74, 6) is 4.02. The lowest BCUT2D eigenvalue weighted by atomic mass is 9.99. The second-order valence-corrected chi connectivity index (χ2v) is 12.1. The maximum absolute atomic E-state index is 12.8. The van der Waals surface area contributed by atoms with E-state index in [1.165, 1.54) is 0 Å². The normalized spacial score (nSPS) is 16.0. The third kappa shape index (κ3) is 7.39. The molecule has 2 N–H and O–H groups in total. The van der Waals surface area contributed by atoms with E-state index < -0.39 is 6.17 Å². The molecule has 4 aromatic rings. The van der Waals surface area contributed by atoms with E-state index in [1.807, 2.05) is 67.6 Å². The summed E-state index contributed by atoms with van der Waals surface area (Å²) in [4.78, 5) is 18.6. The van der Waals surface area contributed by atoms with E-state index in [4.69, 9.17) is 42.7 Å². The molecule has 52 heavy (non-hydrogen) atoms. The van der Waals surface area contributed by atoms with E-state index in [9.17, 15) is 4.79 Å². The third-order valence-electron chi connectivity index (χ3n) is 8.83. The second-order valence-electron chi connectivity index (χ2n) is 12.1. The SMILES string of the molecule is COc1cc(C2NC(=O)c3cc(C)ccc3N2)ccc1OCCCOc1c(OC)cc(C2=NOC(c3cc(OC)c(OC)c(OC)c3)C2)cc1OC. The number of benzene rings is 4. The van der Waals surface area contributed by atoms with Crippen molar-refractivity contribution in [2.75, 3.05) is 61.2 Å². The van der Waals surface area contributed by atoms with Crippen LogP contribution in [0, 0.1) is 6.92 Å². The standard InChI is InChI=1S/C39H43N3O10/c1-22-9-11-27-26(15-22)39(43)41-38(40-27)23-10-12-29(31(16-23)44-2)50-13-8-14-51-37-34(47-5)17-24(18-35(37)48-6)28-21-30(52-42-28)25-19-32(45-3)36(49-7)33(20-25)46-4/h9-12,15-20,30,38,40H,8,13-14,21H2,1-7H3,(H,41,43). The Morgan fingerprint density at radius 1 is 0.673 bits per heavy atom. The number of ether oxygens (including phenoxy) is 8. The molecule has 0 saturated heterocycles. The average Bonchev–Trinajstić information content (AvgIpc) is 3.67. The van der Waals surface area contributed by atoms with Gasteiger partial charge in [-0.25, -0.2) is 0 Å². The molecule has 1 amide bonds. The number of hydrogen-bond acceptors (Lipinski definition) is 12. The van der Waals surface area contributed by atoms with E-state index in [-0.39, 0.29) is 12.0 Å². The van der Waals surface area contributed by atoms with Gasteiger partial charge in [0.15, 0.2) is 40.6 Å². The molecule has 2 unspecified atom stereocenters. The third-order valence-corrected chi connectivity index (χ3v) is 8.83. The van der Waals surface area contributed by atoms with Gasteiger partial charge in [-0.05, 0) is 61.0 Å². The smallest absolute Gasteiger partial charge is 0.255 e. The van der Waals surface area contributed by atoms with Gasteiger partial charge in [0, 0.05) is 29.7 Å². The zero-order valence-electron chi connectivity index (χ0n) is 30.3. The molecule has 6 rings (SSSR count). The highest BCUT2D eigenvalue weighted by Crippen LogP contribution is 2.44. The minimum absolute atomic E-state index is 0.132. The quantitative estimate of drug-likeness (QED) is 0.129. The Kier molecular flexibility index (Phi) is 11.0. The van der Waals surface area contributed by atoms with Crippen LogP contribution >= 0.6 is 0 Å². The number of carbonyl (C=O) groups excluding carboxylic acids is 1. The van der Waals surface area contributed by atoms with E-state index in [0.29, 0.717) is 77.6 Å². The molecule has 2 aliphatic heterocycles. The number of methoxy groups -OCH3 is 6. The van der Waals surface area contributed by atoms with Gasteiger partial charge < -0.3 is 53.4 Å². The van der Waals surface area contributed by atoms with E-state index in [0.717, 1.165) is 33.7 Å². The molecule has 0 spiro atoms. The minimum Gasteiger partial charge on any atom is -0.493 e. The van der Waals surface area contributed by atoms with Crippen molar-refractivity contribution in [3.8, 4) is 46.0 Å². The fourth-order valence-electron chi connectivity index (χ4n) is 6.14. The van der Waals surface area contributed by atoms with Crippen molar-refractivity contribution in [1.82, 2.24) is 5.32 Å². The van der Waals surface area contributed by atoms with E-state index in [2.05, 4.69) is 15.8 Å². The minimum atomic E-state index is -0.410. The van der Waals surface area contributed by atoms with Gasteiger partial charge in [0.05, 0.1) is 67.1 Å². The molecular formula is C39H43N3O10. The number of hydrogen-bond donors (Lipinski definition) is 2. The summed E-state index contributed by atoms with van der Waals surface area (Å²) in [7, 11) is 9.43. The first-order valence-corrected chi connectivity index (χ1v) is 16.7. The Morgan fingerprint density at radius 3 is 1.96 bits per heavy atom. The van der Waals surface area contributed by atoms with Crippen LogP contribution in [0.15, 0.2) is 65.8 Å². The maximum atomic E-state index is 12.8. The molecule has 0 saturated carbocycles. The van der Waals surface area contributed by atoms with Crippen molar-refractivity contribution in [2.24, 2.45) is 5.16 Å². The van der Waals surface area contributed by atoms with Crippen molar-refractivity contribution in [1.29, 1.82) is 0 Å². The topological polar surface area (TPSA) is 137 Å².